The molecule has 114 valence electrons. The molecular formula is C18H14FN3O. The van der Waals surface area contributed by atoms with Gasteiger partial charge in [0.2, 0.25) is 0 Å². The van der Waals surface area contributed by atoms with Crippen molar-refractivity contribution in [2.75, 3.05) is 0 Å². The molecule has 4 nitrogen and oxygen atoms in total. The molecule has 1 unspecified atom stereocenters. The lowest BCUT2D eigenvalue weighted by Gasteiger charge is -2.18. The Kier molecular flexibility index (Phi) is 4.13. The van der Waals surface area contributed by atoms with Gasteiger partial charge in [-0.05, 0) is 47.8 Å². The molecule has 0 saturated carbocycles. The Bertz CT molecular complexity index is 864. The molecule has 1 heterocycles. The maximum Gasteiger partial charge on any atom is 0.123 e. The molecular weight excluding hydrogens is 293 g/mol. The Balaban J connectivity index is 2.20. The van der Waals surface area contributed by atoms with Gasteiger partial charge in [-0.25, -0.2) is 4.39 Å². The number of hydrogen-bond acceptors (Lipinski definition) is 2. The van der Waals surface area contributed by atoms with Crippen LogP contribution in [-0.4, -0.2) is 0 Å². The van der Waals surface area contributed by atoms with Gasteiger partial charge in [-0.2, -0.15) is 0 Å². The summed E-state index contributed by atoms with van der Waals surface area (Å²) < 4.78 is 19.1. The summed E-state index contributed by atoms with van der Waals surface area (Å²) in [6, 6.07) is 17.3. The van der Waals surface area contributed by atoms with Gasteiger partial charge in [0.25, 0.3) is 0 Å². The van der Waals surface area contributed by atoms with Gasteiger partial charge in [-0.3, -0.25) is 0 Å². The van der Waals surface area contributed by atoms with Crippen LogP contribution in [0.25, 0.3) is 10.4 Å². The molecule has 5 heteroatoms. The Labute approximate surface area is 132 Å². The molecule has 0 radical (unpaired) electrons. The van der Waals surface area contributed by atoms with Gasteiger partial charge in [0.1, 0.15) is 17.3 Å². The van der Waals surface area contributed by atoms with Crippen molar-refractivity contribution < 1.29 is 8.81 Å². The summed E-state index contributed by atoms with van der Waals surface area (Å²) in [5.74, 6) is 0.931. The first-order valence-corrected chi connectivity index (χ1v) is 7.15. The van der Waals surface area contributed by atoms with E-state index in [2.05, 4.69) is 10.0 Å². The molecule has 0 N–H and O–H groups in total. The predicted molar refractivity (Wildman–Crippen MR) is 86.0 cm³/mol. The molecule has 0 aliphatic heterocycles. The number of benzene rings is 2. The highest BCUT2D eigenvalue weighted by Crippen LogP contribution is 2.38. The molecule has 0 fully saturated rings. The van der Waals surface area contributed by atoms with Crippen LogP contribution >= 0.6 is 0 Å². The molecule has 23 heavy (non-hydrogen) atoms. The first-order valence-electron chi connectivity index (χ1n) is 7.15. The zero-order valence-electron chi connectivity index (χ0n) is 12.5. The summed E-state index contributed by atoms with van der Waals surface area (Å²) in [6.45, 7) is 1.87. The molecule has 0 bridgehead atoms. The largest absolute Gasteiger partial charge is 0.465 e. The van der Waals surface area contributed by atoms with Gasteiger partial charge in [0.05, 0.1) is 5.92 Å². The standard InChI is InChI=1S/C18H14FN3O/c1-12-6-11-17(23-12)18(13-7-9-14(19)10-8-13)15-4-2-3-5-16(15)21-22-20/h2-11,18H,1H3. The maximum atomic E-state index is 13.3. The summed E-state index contributed by atoms with van der Waals surface area (Å²) in [5.41, 5.74) is 11.0. The minimum absolute atomic E-state index is 0.272. The van der Waals surface area contributed by atoms with E-state index >= 15 is 0 Å². The average molecular weight is 307 g/mol. The molecule has 0 aliphatic rings. The lowest BCUT2D eigenvalue weighted by molar-refractivity contribution is 0.478. The number of azide groups is 1. The monoisotopic (exact) mass is 307 g/mol. The minimum Gasteiger partial charge on any atom is -0.465 e. The van der Waals surface area contributed by atoms with Gasteiger partial charge < -0.3 is 4.42 Å². The van der Waals surface area contributed by atoms with Crippen molar-refractivity contribution in [2.24, 2.45) is 5.11 Å². The number of nitrogens with zero attached hydrogens (tertiary/aromatic N) is 3. The van der Waals surface area contributed by atoms with Crippen LogP contribution in [0.15, 0.2) is 70.2 Å². The minimum atomic E-state index is -0.300. The van der Waals surface area contributed by atoms with Gasteiger partial charge in [0.15, 0.2) is 0 Å². The number of hydrogen-bond donors (Lipinski definition) is 0. The highest BCUT2D eigenvalue weighted by Gasteiger charge is 2.22. The average Bonchev–Trinajstić information content (AvgIpc) is 2.97. The van der Waals surface area contributed by atoms with Crippen LogP contribution < -0.4 is 0 Å². The van der Waals surface area contributed by atoms with Crippen LogP contribution in [0.3, 0.4) is 0 Å². The van der Waals surface area contributed by atoms with Crippen molar-refractivity contribution >= 4 is 5.69 Å². The van der Waals surface area contributed by atoms with Crippen molar-refractivity contribution in [2.45, 2.75) is 12.8 Å². The first-order chi connectivity index (χ1) is 11.2. The highest BCUT2D eigenvalue weighted by atomic mass is 19.1. The lowest BCUT2D eigenvalue weighted by atomic mass is 9.88. The normalized spacial score (nSPS) is 11.7. The van der Waals surface area contributed by atoms with E-state index in [-0.39, 0.29) is 11.7 Å². The third kappa shape index (κ3) is 3.10. The Morgan fingerprint density at radius 3 is 2.43 bits per heavy atom. The number of furan rings is 1. The number of rotatable bonds is 4. The lowest BCUT2D eigenvalue weighted by Crippen LogP contribution is -2.02. The van der Waals surface area contributed by atoms with Crippen molar-refractivity contribution in [3.63, 3.8) is 0 Å². The molecule has 1 atom stereocenters. The fraction of sp³-hybridized carbons (Fsp3) is 0.111. The van der Waals surface area contributed by atoms with Crippen LogP contribution in [0, 0.1) is 12.7 Å². The Morgan fingerprint density at radius 2 is 1.78 bits per heavy atom. The highest BCUT2D eigenvalue weighted by molar-refractivity contribution is 5.54. The molecule has 1 aromatic heterocycles. The molecule has 0 aliphatic carbocycles. The summed E-state index contributed by atoms with van der Waals surface area (Å²) in [4.78, 5) is 2.89. The summed E-state index contributed by atoms with van der Waals surface area (Å²) in [5, 5.41) is 3.77. The fourth-order valence-electron chi connectivity index (χ4n) is 2.63. The van der Waals surface area contributed by atoms with E-state index < -0.39 is 0 Å². The van der Waals surface area contributed by atoms with Gasteiger partial charge >= 0.3 is 0 Å². The summed E-state index contributed by atoms with van der Waals surface area (Å²) in [7, 11) is 0. The van der Waals surface area contributed by atoms with Crippen LogP contribution in [0.5, 0.6) is 0 Å². The maximum absolute atomic E-state index is 13.3. The Morgan fingerprint density at radius 1 is 1.04 bits per heavy atom. The van der Waals surface area contributed by atoms with Crippen LogP contribution in [0.1, 0.15) is 28.6 Å². The van der Waals surface area contributed by atoms with Crippen molar-refractivity contribution in [1.29, 1.82) is 0 Å². The fourth-order valence-corrected chi connectivity index (χ4v) is 2.63. The summed E-state index contributed by atoms with van der Waals surface area (Å²) >= 11 is 0. The van der Waals surface area contributed by atoms with E-state index in [1.165, 1.54) is 12.1 Å². The first kappa shape index (κ1) is 14.9. The Hall–Kier alpha value is -3.04. The van der Waals surface area contributed by atoms with Crippen LogP contribution in [0.2, 0.25) is 0 Å². The third-order valence-electron chi connectivity index (χ3n) is 3.65. The van der Waals surface area contributed by atoms with Crippen LogP contribution in [-0.2, 0) is 0 Å². The van der Waals surface area contributed by atoms with E-state index in [0.717, 1.165) is 22.6 Å². The topological polar surface area (TPSA) is 61.9 Å². The van der Waals surface area contributed by atoms with E-state index in [1.807, 2.05) is 37.3 Å². The predicted octanol–water partition coefficient (Wildman–Crippen LogP) is 5.85. The molecule has 3 rings (SSSR count). The zero-order chi connectivity index (χ0) is 16.2. The van der Waals surface area contributed by atoms with E-state index in [4.69, 9.17) is 9.95 Å². The second-order valence-corrected chi connectivity index (χ2v) is 5.18. The second kappa shape index (κ2) is 6.38. The smallest absolute Gasteiger partial charge is 0.123 e. The van der Waals surface area contributed by atoms with Gasteiger partial charge in [-0.15, -0.1) is 0 Å². The molecule has 0 spiro atoms. The van der Waals surface area contributed by atoms with Crippen molar-refractivity contribution in [1.82, 2.24) is 0 Å². The molecule has 3 aromatic rings. The zero-order valence-corrected chi connectivity index (χ0v) is 12.5. The quantitative estimate of drug-likeness (QED) is 0.339. The van der Waals surface area contributed by atoms with Gasteiger partial charge in [0, 0.05) is 10.6 Å². The molecule has 0 amide bonds. The van der Waals surface area contributed by atoms with E-state index in [0.29, 0.717) is 5.69 Å². The van der Waals surface area contributed by atoms with Crippen LogP contribution in [0.4, 0.5) is 10.1 Å². The van der Waals surface area contributed by atoms with Gasteiger partial charge in [-0.1, -0.05) is 41.5 Å². The molecule has 2 aromatic carbocycles. The van der Waals surface area contributed by atoms with E-state index in [9.17, 15) is 4.39 Å². The second-order valence-electron chi connectivity index (χ2n) is 5.18. The van der Waals surface area contributed by atoms with E-state index in [1.54, 1.807) is 18.2 Å². The van der Waals surface area contributed by atoms with Crippen molar-refractivity contribution in [3.05, 3.63) is 99.6 Å². The van der Waals surface area contributed by atoms with Crippen molar-refractivity contribution in [3.8, 4) is 0 Å². The SMILES string of the molecule is Cc1ccc(C(c2ccc(F)cc2)c2ccccc2N=[N+]=[N-])o1. The summed E-state index contributed by atoms with van der Waals surface area (Å²) in [6.07, 6.45) is 0. The number of halogens is 1. The third-order valence-corrected chi connectivity index (χ3v) is 3.65. The molecule has 0 saturated heterocycles. The number of aryl methyl sites for hydroxylation is 1.